The van der Waals surface area contributed by atoms with Crippen molar-refractivity contribution in [2.24, 2.45) is 5.73 Å². The van der Waals surface area contributed by atoms with E-state index in [0.717, 1.165) is 12.1 Å². The summed E-state index contributed by atoms with van der Waals surface area (Å²) in [5.74, 6) is -1.17. The molecule has 17 heavy (non-hydrogen) atoms. The van der Waals surface area contributed by atoms with Crippen LogP contribution in [0.25, 0.3) is 0 Å². The number of benzene rings is 1. The normalized spacial score (nSPS) is 15.8. The molecule has 1 aromatic carbocycles. The summed E-state index contributed by atoms with van der Waals surface area (Å²) in [6, 6.07) is 0.141. The lowest BCUT2D eigenvalue weighted by molar-refractivity contribution is -0.210. The molecular formula is C9H7Cl2F4NO. The van der Waals surface area contributed by atoms with Crippen molar-refractivity contribution in [2.75, 3.05) is 0 Å². The molecule has 0 aliphatic rings. The molecule has 0 aliphatic carbocycles. The Morgan fingerprint density at radius 1 is 1.18 bits per heavy atom. The molecule has 0 unspecified atom stereocenters. The summed E-state index contributed by atoms with van der Waals surface area (Å²) in [5.41, 5.74) is 4.48. The third kappa shape index (κ3) is 3.01. The smallest absolute Gasteiger partial charge is 0.382 e. The summed E-state index contributed by atoms with van der Waals surface area (Å²) in [6.45, 7) is 0. The van der Waals surface area contributed by atoms with Gasteiger partial charge < -0.3 is 10.8 Å². The number of nitrogens with two attached hydrogens (primary N) is 1. The first-order chi connectivity index (χ1) is 7.66. The lowest BCUT2D eigenvalue weighted by Gasteiger charge is -2.23. The van der Waals surface area contributed by atoms with Crippen molar-refractivity contribution in [3.05, 3.63) is 33.6 Å². The SMILES string of the molecule is N[C@@H](c1c(Cl)ccc(Cl)c1F)[C@H](O)C(F)(F)F. The largest absolute Gasteiger partial charge is 0.416 e. The Balaban J connectivity index is 3.21. The summed E-state index contributed by atoms with van der Waals surface area (Å²) in [4.78, 5) is 0. The van der Waals surface area contributed by atoms with Gasteiger partial charge in [-0.2, -0.15) is 13.2 Å². The first kappa shape index (κ1) is 14.5. The molecule has 0 bridgehead atoms. The van der Waals surface area contributed by atoms with Gasteiger partial charge in [-0.05, 0) is 12.1 Å². The number of hydrogen-bond acceptors (Lipinski definition) is 2. The zero-order chi connectivity index (χ0) is 13.4. The summed E-state index contributed by atoms with van der Waals surface area (Å²) in [7, 11) is 0. The molecule has 0 fully saturated rings. The van der Waals surface area contributed by atoms with Gasteiger partial charge in [-0.25, -0.2) is 4.39 Å². The Morgan fingerprint density at radius 3 is 2.12 bits per heavy atom. The van der Waals surface area contributed by atoms with Gasteiger partial charge in [0.25, 0.3) is 0 Å². The second-order valence-corrected chi connectivity index (χ2v) is 4.08. The van der Waals surface area contributed by atoms with Crippen LogP contribution in [-0.4, -0.2) is 17.4 Å². The molecule has 0 spiro atoms. The van der Waals surface area contributed by atoms with E-state index in [0.29, 0.717) is 0 Å². The molecule has 2 nitrogen and oxygen atoms in total. The van der Waals surface area contributed by atoms with Gasteiger partial charge >= 0.3 is 6.18 Å². The number of aliphatic hydroxyl groups is 1. The van der Waals surface area contributed by atoms with Crippen molar-refractivity contribution < 1.29 is 22.7 Å². The number of alkyl halides is 3. The molecule has 0 amide bonds. The molecule has 96 valence electrons. The summed E-state index contributed by atoms with van der Waals surface area (Å²) >= 11 is 10.9. The van der Waals surface area contributed by atoms with E-state index in [1.54, 1.807) is 0 Å². The minimum absolute atomic E-state index is 0.331. The van der Waals surface area contributed by atoms with E-state index in [2.05, 4.69) is 0 Å². The minimum Gasteiger partial charge on any atom is -0.382 e. The predicted octanol–water partition coefficient (Wildman–Crippen LogP) is 3.06. The molecule has 0 aliphatic heterocycles. The maximum Gasteiger partial charge on any atom is 0.416 e. The fourth-order valence-corrected chi connectivity index (χ4v) is 1.65. The third-order valence-electron chi connectivity index (χ3n) is 2.09. The zero-order valence-corrected chi connectivity index (χ0v) is 9.61. The molecule has 1 aromatic rings. The van der Waals surface area contributed by atoms with Crippen molar-refractivity contribution in [2.45, 2.75) is 18.3 Å². The molecule has 2 atom stereocenters. The van der Waals surface area contributed by atoms with Crippen LogP contribution in [0.15, 0.2) is 12.1 Å². The van der Waals surface area contributed by atoms with Crippen molar-refractivity contribution in [3.63, 3.8) is 0 Å². The van der Waals surface area contributed by atoms with E-state index in [1.807, 2.05) is 0 Å². The van der Waals surface area contributed by atoms with E-state index in [1.165, 1.54) is 0 Å². The summed E-state index contributed by atoms with van der Waals surface area (Å²) in [5, 5.41) is 8.18. The Morgan fingerprint density at radius 2 is 1.65 bits per heavy atom. The number of rotatable bonds is 2. The molecule has 1 rings (SSSR count). The van der Waals surface area contributed by atoms with Gasteiger partial charge in [0.1, 0.15) is 5.82 Å². The molecule has 0 heterocycles. The molecule has 3 N–H and O–H groups in total. The van der Waals surface area contributed by atoms with Gasteiger partial charge in [0.2, 0.25) is 0 Å². The molecule has 0 radical (unpaired) electrons. The quantitative estimate of drug-likeness (QED) is 0.650. The first-order valence-electron chi connectivity index (χ1n) is 4.30. The predicted molar refractivity (Wildman–Crippen MR) is 55.4 cm³/mol. The van der Waals surface area contributed by atoms with E-state index in [4.69, 9.17) is 34.0 Å². The van der Waals surface area contributed by atoms with Crippen LogP contribution < -0.4 is 5.73 Å². The highest BCUT2D eigenvalue weighted by Gasteiger charge is 2.44. The van der Waals surface area contributed by atoms with Gasteiger partial charge in [-0.15, -0.1) is 0 Å². The fraction of sp³-hybridized carbons (Fsp3) is 0.333. The van der Waals surface area contributed by atoms with Crippen molar-refractivity contribution in [3.8, 4) is 0 Å². The van der Waals surface area contributed by atoms with Crippen LogP contribution in [0.1, 0.15) is 11.6 Å². The highest BCUT2D eigenvalue weighted by molar-refractivity contribution is 6.33. The maximum atomic E-state index is 13.5. The van der Waals surface area contributed by atoms with Gasteiger partial charge in [-0.3, -0.25) is 0 Å². The monoisotopic (exact) mass is 291 g/mol. The first-order valence-corrected chi connectivity index (χ1v) is 5.05. The number of halogens is 6. The minimum atomic E-state index is -4.97. The van der Waals surface area contributed by atoms with Crippen LogP contribution in [-0.2, 0) is 0 Å². The van der Waals surface area contributed by atoms with Crippen molar-refractivity contribution in [1.82, 2.24) is 0 Å². The standard InChI is InChI=1S/C9H7Cl2F4NO/c10-3-1-2-4(11)6(12)5(3)7(16)8(17)9(13,14)15/h1-2,7-8,17H,16H2/t7-,8-/m0/s1. The van der Waals surface area contributed by atoms with Crippen LogP contribution in [0.4, 0.5) is 17.6 Å². The van der Waals surface area contributed by atoms with Gasteiger partial charge in [0, 0.05) is 10.6 Å². The van der Waals surface area contributed by atoms with Crippen LogP contribution in [0.5, 0.6) is 0 Å². The average Bonchev–Trinajstić information content (AvgIpc) is 2.21. The van der Waals surface area contributed by atoms with Crippen LogP contribution in [0.3, 0.4) is 0 Å². The van der Waals surface area contributed by atoms with E-state index < -0.39 is 34.7 Å². The molecule has 0 saturated carbocycles. The second kappa shape index (κ2) is 4.97. The van der Waals surface area contributed by atoms with E-state index >= 15 is 0 Å². The summed E-state index contributed by atoms with van der Waals surface area (Å²) < 4.78 is 50.1. The lowest BCUT2D eigenvalue weighted by atomic mass is 10.0. The van der Waals surface area contributed by atoms with Crippen LogP contribution in [0.2, 0.25) is 10.0 Å². The highest BCUT2D eigenvalue weighted by Crippen LogP contribution is 2.35. The summed E-state index contributed by atoms with van der Waals surface area (Å²) in [6.07, 6.45) is -7.90. The molecule has 8 heteroatoms. The Hall–Kier alpha value is -0.560. The molecular weight excluding hydrogens is 285 g/mol. The number of aliphatic hydroxyl groups excluding tert-OH is 1. The fourth-order valence-electron chi connectivity index (χ4n) is 1.21. The maximum absolute atomic E-state index is 13.5. The van der Waals surface area contributed by atoms with E-state index in [9.17, 15) is 17.6 Å². The van der Waals surface area contributed by atoms with Crippen LogP contribution >= 0.6 is 23.2 Å². The van der Waals surface area contributed by atoms with Gasteiger partial charge in [0.05, 0.1) is 11.1 Å². The molecule has 0 saturated heterocycles. The molecule has 0 aromatic heterocycles. The average molecular weight is 292 g/mol. The third-order valence-corrected chi connectivity index (χ3v) is 2.71. The second-order valence-electron chi connectivity index (χ2n) is 3.27. The van der Waals surface area contributed by atoms with Crippen molar-refractivity contribution in [1.29, 1.82) is 0 Å². The number of hydrogen-bond donors (Lipinski definition) is 2. The van der Waals surface area contributed by atoms with Crippen LogP contribution in [0, 0.1) is 5.82 Å². The van der Waals surface area contributed by atoms with Crippen molar-refractivity contribution >= 4 is 23.2 Å². The Labute approximate surface area is 104 Å². The highest BCUT2D eigenvalue weighted by atomic mass is 35.5. The van der Waals surface area contributed by atoms with Gasteiger partial charge in [0.15, 0.2) is 6.10 Å². The lowest BCUT2D eigenvalue weighted by Crippen LogP contribution is -2.39. The zero-order valence-electron chi connectivity index (χ0n) is 8.10. The Bertz CT molecular complexity index is 424. The van der Waals surface area contributed by atoms with Gasteiger partial charge in [-0.1, -0.05) is 23.2 Å². The topological polar surface area (TPSA) is 46.2 Å². The van der Waals surface area contributed by atoms with E-state index in [-0.39, 0.29) is 5.02 Å². The Kier molecular flexibility index (Phi) is 4.24.